The molecule has 3 amide bonds. The van der Waals surface area contributed by atoms with Gasteiger partial charge >= 0.3 is 0 Å². The van der Waals surface area contributed by atoms with E-state index in [1.807, 2.05) is 61.1 Å². The van der Waals surface area contributed by atoms with Crippen molar-refractivity contribution in [3.8, 4) is 0 Å². The Morgan fingerprint density at radius 2 is 1.81 bits per heavy atom. The van der Waals surface area contributed by atoms with Gasteiger partial charge < -0.3 is 9.88 Å². The second-order valence-corrected chi connectivity index (χ2v) is 7.72. The average molecular weight is 416 g/mol. The number of hydrogen-bond acceptors (Lipinski definition) is 4. The molecule has 1 unspecified atom stereocenters. The number of amides is 3. The van der Waals surface area contributed by atoms with E-state index in [0.717, 1.165) is 17.0 Å². The van der Waals surface area contributed by atoms with Crippen LogP contribution in [-0.4, -0.2) is 38.7 Å². The molecule has 0 saturated carbocycles. The van der Waals surface area contributed by atoms with E-state index in [0.29, 0.717) is 17.5 Å². The zero-order chi connectivity index (χ0) is 22.0. The van der Waals surface area contributed by atoms with Crippen molar-refractivity contribution >= 4 is 17.7 Å². The summed E-state index contributed by atoms with van der Waals surface area (Å²) in [7, 11) is 1.88. The van der Waals surface area contributed by atoms with Crippen LogP contribution < -0.4 is 5.32 Å². The predicted molar refractivity (Wildman–Crippen MR) is 115 cm³/mol. The Labute approximate surface area is 180 Å². The monoisotopic (exact) mass is 416 g/mol. The number of carbonyl (C=O) groups is 3. The summed E-state index contributed by atoms with van der Waals surface area (Å²) in [5, 5.41) is 3.04. The van der Waals surface area contributed by atoms with Gasteiger partial charge in [-0.1, -0.05) is 42.0 Å². The molecule has 0 saturated heterocycles. The normalized spacial score (nSPS) is 13.9. The van der Waals surface area contributed by atoms with Crippen LogP contribution in [0.2, 0.25) is 0 Å². The van der Waals surface area contributed by atoms with E-state index in [1.165, 1.54) is 4.90 Å². The minimum absolute atomic E-state index is 0.163. The van der Waals surface area contributed by atoms with Crippen LogP contribution in [0.1, 0.15) is 56.6 Å². The van der Waals surface area contributed by atoms with Crippen LogP contribution in [0, 0.1) is 6.92 Å². The quantitative estimate of drug-likeness (QED) is 0.600. The van der Waals surface area contributed by atoms with Crippen molar-refractivity contribution in [3.63, 3.8) is 0 Å². The molecule has 0 radical (unpaired) electrons. The Morgan fingerprint density at radius 3 is 2.52 bits per heavy atom. The molecule has 0 fully saturated rings. The predicted octanol–water partition coefficient (Wildman–Crippen LogP) is 3.01. The first kappa shape index (κ1) is 20.5. The molecule has 3 aromatic rings. The van der Waals surface area contributed by atoms with E-state index in [4.69, 9.17) is 0 Å². The van der Waals surface area contributed by atoms with Crippen molar-refractivity contribution < 1.29 is 14.4 Å². The molecular formula is C24H24N4O3. The lowest BCUT2D eigenvalue weighted by Crippen LogP contribution is -2.33. The molecule has 1 atom stereocenters. The minimum atomic E-state index is -0.379. The van der Waals surface area contributed by atoms with Crippen molar-refractivity contribution in [2.75, 3.05) is 6.54 Å². The molecule has 1 aliphatic rings. The van der Waals surface area contributed by atoms with Crippen molar-refractivity contribution in [1.82, 2.24) is 19.8 Å². The molecule has 2 aromatic carbocycles. The van der Waals surface area contributed by atoms with E-state index in [1.54, 1.807) is 18.3 Å². The SMILES string of the molecule is Cc1ccc2c(c1)C(=O)N(CCCC(=O)NC(c1ccccc1)c1nccn1C)C2=O. The van der Waals surface area contributed by atoms with Gasteiger partial charge in [-0.25, -0.2) is 4.98 Å². The number of aryl methyl sites for hydroxylation is 2. The molecule has 31 heavy (non-hydrogen) atoms. The fourth-order valence-corrected chi connectivity index (χ4v) is 3.84. The van der Waals surface area contributed by atoms with Gasteiger partial charge in [-0.3, -0.25) is 19.3 Å². The minimum Gasteiger partial charge on any atom is -0.342 e. The van der Waals surface area contributed by atoms with Gasteiger partial charge in [0.2, 0.25) is 5.91 Å². The van der Waals surface area contributed by atoms with Crippen LogP contribution in [0.3, 0.4) is 0 Å². The zero-order valence-corrected chi connectivity index (χ0v) is 17.5. The van der Waals surface area contributed by atoms with Crippen LogP contribution in [0.5, 0.6) is 0 Å². The molecule has 1 aliphatic heterocycles. The summed E-state index contributed by atoms with van der Waals surface area (Å²) in [5.74, 6) is -0.0190. The topological polar surface area (TPSA) is 84.3 Å². The van der Waals surface area contributed by atoms with Gasteiger partial charge in [0.25, 0.3) is 11.8 Å². The maximum absolute atomic E-state index is 12.7. The van der Waals surface area contributed by atoms with Gasteiger partial charge in [-0.05, 0) is 31.0 Å². The lowest BCUT2D eigenvalue weighted by atomic mass is 10.1. The van der Waals surface area contributed by atoms with Crippen LogP contribution in [-0.2, 0) is 11.8 Å². The highest BCUT2D eigenvalue weighted by molar-refractivity contribution is 6.21. The van der Waals surface area contributed by atoms with Crippen LogP contribution in [0.25, 0.3) is 0 Å². The lowest BCUT2D eigenvalue weighted by Gasteiger charge is -2.19. The second kappa shape index (κ2) is 8.55. The zero-order valence-electron chi connectivity index (χ0n) is 17.5. The molecule has 0 bridgehead atoms. The largest absolute Gasteiger partial charge is 0.342 e. The summed E-state index contributed by atoms with van der Waals surface area (Å²) in [6.45, 7) is 2.09. The molecule has 0 aliphatic carbocycles. The number of imide groups is 1. The molecule has 2 heterocycles. The number of aromatic nitrogens is 2. The van der Waals surface area contributed by atoms with Gasteiger partial charge in [0.05, 0.1) is 11.1 Å². The van der Waals surface area contributed by atoms with E-state index in [2.05, 4.69) is 10.3 Å². The summed E-state index contributed by atoms with van der Waals surface area (Å²) in [6.07, 6.45) is 4.11. The van der Waals surface area contributed by atoms with Gasteiger partial charge in [-0.15, -0.1) is 0 Å². The first-order chi connectivity index (χ1) is 15.0. The first-order valence-electron chi connectivity index (χ1n) is 10.2. The first-order valence-corrected chi connectivity index (χ1v) is 10.2. The molecular weight excluding hydrogens is 392 g/mol. The smallest absolute Gasteiger partial charge is 0.261 e. The summed E-state index contributed by atoms with van der Waals surface area (Å²) >= 11 is 0. The number of hydrogen-bond donors (Lipinski definition) is 1. The highest BCUT2D eigenvalue weighted by Gasteiger charge is 2.35. The van der Waals surface area contributed by atoms with Crippen LogP contribution >= 0.6 is 0 Å². The van der Waals surface area contributed by atoms with Gasteiger partial charge in [-0.2, -0.15) is 0 Å². The Hall–Kier alpha value is -3.74. The number of nitrogens with zero attached hydrogens (tertiary/aromatic N) is 3. The van der Waals surface area contributed by atoms with E-state index >= 15 is 0 Å². The summed E-state index contributed by atoms with van der Waals surface area (Å²) in [5.41, 5.74) is 2.73. The maximum Gasteiger partial charge on any atom is 0.261 e. The van der Waals surface area contributed by atoms with Crippen LogP contribution in [0.4, 0.5) is 0 Å². The van der Waals surface area contributed by atoms with Gasteiger partial charge in [0.1, 0.15) is 11.9 Å². The van der Waals surface area contributed by atoms with Crippen LogP contribution in [0.15, 0.2) is 60.9 Å². The standard InChI is InChI=1S/C24H24N4O3/c1-16-10-11-18-19(15-16)24(31)28(23(18)30)13-6-9-20(29)26-21(17-7-4-3-5-8-17)22-25-12-14-27(22)2/h3-5,7-8,10-12,14-15,21H,6,9,13H2,1-2H3,(H,26,29). The van der Waals surface area contributed by atoms with Crippen molar-refractivity contribution in [3.05, 3.63) is 89.0 Å². The molecule has 7 heteroatoms. The van der Waals surface area contributed by atoms with Crippen molar-refractivity contribution in [1.29, 1.82) is 0 Å². The van der Waals surface area contributed by atoms with E-state index < -0.39 is 0 Å². The van der Waals surface area contributed by atoms with E-state index in [-0.39, 0.29) is 36.7 Å². The third-order valence-corrected chi connectivity index (χ3v) is 5.47. The fourth-order valence-electron chi connectivity index (χ4n) is 3.84. The number of carbonyl (C=O) groups excluding carboxylic acids is 3. The third kappa shape index (κ3) is 4.12. The van der Waals surface area contributed by atoms with Gasteiger partial charge in [0.15, 0.2) is 0 Å². The Kier molecular flexibility index (Phi) is 5.66. The Balaban J connectivity index is 1.39. The second-order valence-electron chi connectivity index (χ2n) is 7.72. The number of benzene rings is 2. The molecule has 1 aromatic heterocycles. The Morgan fingerprint density at radius 1 is 1.06 bits per heavy atom. The van der Waals surface area contributed by atoms with E-state index in [9.17, 15) is 14.4 Å². The molecule has 1 N–H and O–H groups in total. The van der Waals surface area contributed by atoms with Gasteiger partial charge in [0, 0.05) is 32.4 Å². The lowest BCUT2D eigenvalue weighted by molar-refractivity contribution is -0.121. The molecule has 7 nitrogen and oxygen atoms in total. The summed E-state index contributed by atoms with van der Waals surface area (Å²) < 4.78 is 1.87. The molecule has 4 rings (SSSR count). The summed E-state index contributed by atoms with van der Waals surface area (Å²) in [6, 6.07) is 14.5. The number of fused-ring (bicyclic) bond motifs is 1. The van der Waals surface area contributed by atoms with Crippen molar-refractivity contribution in [2.24, 2.45) is 7.05 Å². The average Bonchev–Trinajstić information content (AvgIpc) is 3.29. The Bertz CT molecular complexity index is 1140. The third-order valence-electron chi connectivity index (χ3n) is 5.47. The number of imidazole rings is 1. The summed E-state index contributed by atoms with van der Waals surface area (Å²) in [4.78, 5) is 43.4. The maximum atomic E-state index is 12.7. The highest BCUT2D eigenvalue weighted by atomic mass is 16.2. The molecule has 158 valence electrons. The van der Waals surface area contributed by atoms with Crippen molar-refractivity contribution in [2.45, 2.75) is 25.8 Å². The number of rotatable bonds is 7. The highest BCUT2D eigenvalue weighted by Crippen LogP contribution is 2.24. The number of nitrogens with one attached hydrogen (secondary N) is 1. The fraction of sp³-hybridized carbons (Fsp3) is 0.250. The molecule has 0 spiro atoms.